The number of nitrogens with zero attached hydrogens (tertiary/aromatic N) is 2. The van der Waals surface area contributed by atoms with Crippen molar-refractivity contribution in [1.29, 1.82) is 0 Å². The van der Waals surface area contributed by atoms with Crippen LogP contribution in [0.15, 0.2) is 60.0 Å². The average molecular weight is 321 g/mol. The lowest BCUT2D eigenvalue weighted by atomic mass is 9.77. The Kier molecular flexibility index (Phi) is 5.36. The largest absolute Gasteiger partial charge is 0.271 e. The first-order chi connectivity index (χ1) is 11.7. The molecule has 0 unspecified atom stereocenters. The van der Waals surface area contributed by atoms with Gasteiger partial charge in [-0.15, -0.1) is 0 Å². The van der Waals surface area contributed by atoms with Crippen molar-refractivity contribution in [3.63, 3.8) is 0 Å². The number of pyridine rings is 1. The van der Waals surface area contributed by atoms with Gasteiger partial charge in [-0.25, -0.2) is 5.43 Å². The topological polar surface area (TPSA) is 54.4 Å². The van der Waals surface area contributed by atoms with E-state index in [1.807, 2.05) is 6.92 Å². The van der Waals surface area contributed by atoms with Crippen LogP contribution in [0.1, 0.15) is 54.4 Å². The maximum absolute atomic E-state index is 12.0. The summed E-state index contributed by atoms with van der Waals surface area (Å²) in [7, 11) is 0. The minimum absolute atomic E-state index is 0.185. The monoisotopic (exact) mass is 321 g/mol. The molecule has 1 fully saturated rings. The van der Waals surface area contributed by atoms with Crippen LogP contribution in [0.4, 0.5) is 0 Å². The second kappa shape index (κ2) is 7.86. The highest BCUT2D eigenvalue weighted by Gasteiger charge is 2.24. The fourth-order valence-electron chi connectivity index (χ4n) is 3.37. The van der Waals surface area contributed by atoms with E-state index in [-0.39, 0.29) is 5.91 Å². The molecule has 2 aromatic rings. The van der Waals surface area contributed by atoms with E-state index in [4.69, 9.17) is 0 Å². The summed E-state index contributed by atoms with van der Waals surface area (Å²) >= 11 is 0. The normalized spacial score (nSPS) is 21.3. The molecule has 1 aromatic heterocycles. The molecule has 1 amide bonds. The first-order valence-electron chi connectivity index (χ1n) is 8.53. The predicted octanol–water partition coefficient (Wildman–Crippen LogP) is 4.16. The Hall–Kier alpha value is -2.49. The SMILES string of the molecule is CC(=NNC(=O)c1ccncc1)C1CCC(c2ccccc2)CC1. The van der Waals surface area contributed by atoms with Crippen LogP contribution in [-0.2, 0) is 0 Å². The third kappa shape index (κ3) is 4.07. The lowest BCUT2D eigenvalue weighted by Crippen LogP contribution is -2.24. The van der Waals surface area contributed by atoms with Crippen LogP contribution in [-0.4, -0.2) is 16.6 Å². The molecule has 1 heterocycles. The lowest BCUT2D eigenvalue weighted by molar-refractivity contribution is 0.0954. The molecule has 0 saturated heterocycles. The summed E-state index contributed by atoms with van der Waals surface area (Å²) in [5.74, 6) is 0.930. The Morgan fingerprint density at radius 3 is 2.38 bits per heavy atom. The molecule has 0 radical (unpaired) electrons. The fraction of sp³-hybridized carbons (Fsp3) is 0.350. The zero-order valence-corrected chi connectivity index (χ0v) is 14.0. The predicted molar refractivity (Wildman–Crippen MR) is 96.0 cm³/mol. The van der Waals surface area contributed by atoms with Gasteiger partial charge in [0.2, 0.25) is 0 Å². The van der Waals surface area contributed by atoms with Gasteiger partial charge in [-0.05, 0) is 62.1 Å². The van der Waals surface area contributed by atoms with Gasteiger partial charge in [-0.3, -0.25) is 9.78 Å². The van der Waals surface area contributed by atoms with Crippen molar-refractivity contribution in [2.45, 2.75) is 38.5 Å². The summed E-state index contributed by atoms with van der Waals surface area (Å²) in [6.07, 6.45) is 7.83. The van der Waals surface area contributed by atoms with Gasteiger partial charge in [0.1, 0.15) is 0 Å². The van der Waals surface area contributed by atoms with E-state index in [0.717, 1.165) is 18.6 Å². The molecule has 124 valence electrons. The third-order valence-electron chi connectivity index (χ3n) is 4.87. The number of carbonyl (C=O) groups is 1. The Morgan fingerprint density at radius 1 is 1.04 bits per heavy atom. The molecule has 0 aliphatic heterocycles. The van der Waals surface area contributed by atoms with Crippen LogP contribution in [0.5, 0.6) is 0 Å². The van der Waals surface area contributed by atoms with Gasteiger partial charge in [0.05, 0.1) is 0 Å². The van der Waals surface area contributed by atoms with Crippen molar-refractivity contribution in [2.75, 3.05) is 0 Å². The molecule has 4 heteroatoms. The highest BCUT2D eigenvalue weighted by atomic mass is 16.2. The lowest BCUT2D eigenvalue weighted by Gasteiger charge is -2.28. The van der Waals surface area contributed by atoms with Gasteiger partial charge in [-0.2, -0.15) is 5.10 Å². The highest BCUT2D eigenvalue weighted by molar-refractivity contribution is 5.95. The molecule has 3 rings (SSSR count). The van der Waals surface area contributed by atoms with Gasteiger partial charge < -0.3 is 0 Å². The summed E-state index contributed by atoms with van der Waals surface area (Å²) in [6, 6.07) is 14.1. The van der Waals surface area contributed by atoms with Crippen molar-refractivity contribution >= 4 is 11.6 Å². The van der Waals surface area contributed by atoms with Gasteiger partial charge >= 0.3 is 0 Å². The van der Waals surface area contributed by atoms with Crippen molar-refractivity contribution in [1.82, 2.24) is 10.4 Å². The Morgan fingerprint density at radius 2 is 1.71 bits per heavy atom. The number of nitrogens with one attached hydrogen (secondary N) is 1. The number of hydrazone groups is 1. The molecule has 0 bridgehead atoms. The number of hydrogen-bond acceptors (Lipinski definition) is 3. The molecular formula is C20H23N3O. The van der Waals surface area contributed by atoms with Crippen LogP contribution < -0.4 is 5.43 Å². The summed E-state index contributed by atoms with van der Waals surface area (Å²) in [6.45, 7) is 2.01. The molecule has 4 nitrogen and oxygen atoms in total. The third-order valence-corrected chi connectivity index (χ3v) is 4.87. The summed E-state index contributed by atoms with van der Waals surface area (Å²) in [5.41, 5.74) is 5.70. The Labute approximate surface area is 143 Å². The van der Waals surface area contributed by atoms with E-state index < -0.39 is 0 Å². The van der Waals surface area contributed by atoms with E-state index in [1.165, 1.54) is 18.4 Å². The molecule has 1 aliphatic rings. The van der Waals surface area contributed by atoms with E-state index in [2.05, 4.69) is 45.8 Å². The molecule has 1 saturated carbocycles. The smallest absolute Gasteiger partial charge is 0.267 e. The van der Waals surface area contributed by atoms with Crippen molar-refractivity contribution in [3.8, 4) is 0 Å². The van der Waals surface area contributed by atoms with Crippen LogP contribution in [0.2, 0.25) is 0 Å². The molecule has 0 spiro atoms. The first-order valence-corrected chi connectivity index (χ1v) is 8.53. The van der Waals surface area contributed by atoms with E-state index >= 15 is 0 Å². The highest BCUT2D eigenvalue weighted by Crippen LogP contribution is 2.36. The van der Waals surface area contributed by atoms with Crippen molar-refractivity contribution in [2.24, 2.45) is 11.0 Å². The zero-order chi connectivity index (χ0) is 16.8. The number of benzene rings is 1. The second-order valence-corrected chi connectivity index (χ2v) is 6.39. The summed E-state index contributed by atoms with van der Waals surface area (Å²) in [5, 5.41) is 4.32. The molecule has 1 N–H and O–H groups in total. The summed E-state index contributed by atoms with van der Waals surface area (Å²) in [4.78, 5) is 15.9. The van der Waals surface area contributed by atoms with Crippen LogP contribution in [0, 0.1) is 5.92 Å². The standard InChI is InChI=1S/C20H23N3O/c1-15(22-23-20(24)19-11-13-21-14-12-19)16-7-9-18(10-8-16)17-5-3-2-4-6-17/h2-6,11-14,16,18H,7-10H2,1H3,(H,23,24). The van der Waals surface area contributed by atoms with Gasteiger partial charge in [-0.1, -0.05) is 30.3 Å². The first kappa shape index (κ1) is 16.4. The second-order valence-electron chi connectivity index (χ2n) is 6.39. The molecule has 1 aromatic carbocycles. The number of rotatable bonds is 4. The fourth-order valence-corrected chi connectivity index (χ4v) is 3.37. The van der Waals surface area contributed by atoms with Crippen LogP contribution in [0.3, 0.4) is 0 Å². The van der Waals surface area contributed by atoms with Crippen molar-refractivity contribution in [3.05, 3.63) is 66.0 Å². The average Bonchev–Trinajstić information content (AvgIpc) is 2.67. The minimum Gasteiger partial charge on any atom is -0.267 e. The maximum atomic E-state index is 12.0. The maximum Gasteiger partial charge on any atom is 0.271 e. The van der Waals surface area contributed by atoms with Gasteiger partial charge in [0.25, 0.3) is 5.91 Å². The molecular weight excluding hydrogens is 298 g/mol. The number of aromatic nitrogens is 1. The molecule has 0 atom stereocenters. The number of amides is 1. The molecule has 24 heavy (non-hydrogen) atoms. The zero-order valence-electron chi connectivity index (χ0n) is 14.0. The Bertz CT molecular complexity index is 689. The number of hydrogen-bond donors (Lipinski definition) is 1. The quantitative estimate of drug-likeness (QED) is 0.679. The van der Waals surface area contributed by atoms with Gasteiger partial charge in [0, 0.05) is 23.7 Å². The number of carbonyl (C=O) groups excluding carboxylic acids is 1. The summed E-state index contributed by atoms with van der Waals surface area (Å²) < 4.78 is 0. The van der Waals surface area contributed by atoms with Crippen LogP contribution in [0.25, 0.3) is 0 Å². The van der Waals surface area contributed by atoms with E-state index in [1.54, 1.807) is 24.5 Å². The van der Waals surface area contributed by atoms with Crippen molar-refractivity contribution < 1.29 is 4.79 Å². The Balaban J connectivity index is 1.53. The van der Waals surface area contributed by atoms with E-state index in [0.29, 0.717) is 17.4 Å². The van der Waals surface area contributed by atoms with Crippen LogP contribution >= 0.6 is 0 Å². The minimum atomic E-state index is -0.185. The van der Waals surface area contributed by atoms with E-state index in [9.17, 15) is 4.79 Å². The molecule has 1 aliphatic carbocycles. The van der Waals surface area contributed by atoms with Gasteiger partial charge in [0.15, 0.2) is 0 Å².